The Balaban J connectivity index is 2.39. The van der Waals surface area contributed by atoms with Crippen molar-refractivity contribution in [2.75, 3.05) is 0 Å². The van der Waals surface area contributed by atoms with Crippen LogP contribution in [0.3, 0.4) is 0 Å². The van der Waals surface area contributed by atoms with Gasteiger partial charge in [0.2, 0.25) is 0 Å². The predicted molar refractivity (Wildman–Crippen MR) is 44.4 cm³/mol. The molecule has 0 heterocycles. The summed E-state index contributed by atoms with van der Waals surface area (Å²) in [6, 6.07) is 0. The zero-order valence-corrected chi connectivity index (χ0v) is 6.67. The zero-order valence-electron chi connectivity index (χ0n) is 6.67. The molecule has 2 N–H and O–H groups in total. The molecule has 56 valence electrons. The number of nitrogens with two attached hydrogens (primary N) is 1. The Morgan fingerprint density at radius 1 is 1.60 bits per heavy atom. The third-order valence-corrected chi connectivity index (χ3v) is 1.94. The quantitative estimate of drug-likeness (QED) is 0.579. The zero-order chi connectivity index (χ0) is 7.56. The number of allylic oxidation sites excluding steroid dienone is 3. The summed E-state index contributed by atoms with van der Waals surface area (Å²) in [5.41, 5.74) is 6.58. The van der Waals surface area contributed by atoms with Crippen molar-refractivity contribution in [1.82, 2.24) is 0 Å². The summed E-state index contributed by atoms with van der Waals surface area (Å²) in [5.74, 6) is 1.63. The van der Waals surface area contributed by atoms with Crippen LogP contribution in [0.15, 0.2) is 23.9 Å². The van der Waals surface area contributed by atoms with Gasteiger partial charge in [-0.05, 0) is 31.3 Å². The van der Waals surface area contributed by atoms with Crippen LogP contribution >= 0.6 is 0 Å². The van der Waals surface area contributed by atoms with E-state index in [4.69, 9.17) is 5.73 Å². The van der Waals surface area contributed by atoms with Gasteiger partial charge in [0.25, 0.3) is 0 Å². The summed E-state index contributed by atoms with van der Waals surface area (Å²) in [6.45, 7) is 4.24. The molecule has 0 aromatic rings. The Bertz CT molecular complexity index is 168. The molecule has 0 amide bonds. The number of hydrogen-bond donors (Lipinski definition) is 1. The van der Waals surface area contributed by atoms with Crippen molar-refractivity contribution in [2.24, 2.45) is 17.6 Å². The van der Waals surface area contributed by atoms with Crippen molar-refractivity contribution in [3.8, 4) is 0 Å². The lowest BCUT2D eigenvalue weighted by atomic mass is 10.2. The maximum atomic E-state index is 5.66. The lowest BCUT2D eigenvalue weighted by Gasteiger charge is -1.89. The highest BCUT2D eigenvalue weighted by Crippen LogP contribution is 2.39. The molecule has 1 aliphatic carbocycles. The summed E-state index contributed by atoms with van der Waals surface area (Å²) in [7, 11) is 0. The van der Waals surface area contributed by atoms with Crippen LogP contribution < -0.4 is 5.73 Å². The minimum absolute atomic E-state index is 0.760. The Morgan fingerprint density at radius 2 is 2.20 bits per heavy atom. The SMILES string of the molecule is C/C=C\C(N)=C/[C@@H]1CC1C. The fourth-order valence-corrected chi connectivity index (χ4v) is 1.08. The normalized spacial score (nSPS) is 33.2. The van der Waals surface area contributed by atoms with Gasteiger partial charge < -0.3 is 5.73 Å². The number of hydrogen-bond acceptors (Lipinski definition) is 1. The average Bonchev–Trinajstić information content (AvgIpc) is 2.47. The Hall–Kier alpha value is -0.720. The van der Waals surface area contributed by atoms with Gasteiger partial charge in [0.15, 0.2) is 0 Å². The summed E-state index contributed by atoms with van der Waals surface area (Å²) < 4.78 is 0. The van der Waals surface area contributed by atoms with E-state index in [0.29, 0.717) is 0 Å². The molecular weight excluding hydrogens is 122 g/mol. The van der Waals surface area contributed by atoms with E-state index in [-0.39, 0.29) is 0 Å². The first-order chi connectivity index (χ1) is 4.74. The van der Waals surface area contributed by atoms with E-state index in [2.05, 4.69) is 13.0 Å². The van der Waals surface area contributed by atoms with Crippen molar-refractivity contribution in [3.05, 3.63) is 23.9 Å². The molecule has 10 heavy (non-hydrogen) atoms. The van der Waals surface area contributed by atoms with Crippen LogP contribution in [0.2, 0.25) is 0 Å². The van der Waals surface area contributed by atoms with Gasteiger partial charge >= 0.3 is 0 Å². The summed E-state index contributed by atoms with van der Waals surface area (Å²) in [5, 5.41) is 0. The molecule has 0 aliphatic heterocycles. The van der Waals surface area contributed by atoms with Crippen molar-refractivity contribution in [2.45, 2.75) is 20.3 Å². The highest BCUT2D eigenvalue weighted by atomic mass is 14.6. The second kappa shape index (κ2) is 2.91. The Kier molecular flexibility index (Phi) is 2.15. The molecule has 1 aliphatic rings. The molecule has 1 fully saturated rings. The molecule has 1 heteroatoms. The minimum atomic E-state index is 0.760. The first kappa shape index (κ1) is 7.39. The summed E-state index contributed by atoms with van der Waals surface area (Å²) >= 11 is 0. The molecule has 1 nitrogen and oxygen atoms in total. The van der Waals surface area contributed by atoms with Crippen molar-refractivity contribution >= 4 is 0 Å². The molecule has 0 aromatic carbocycles. The topological polar surface area (TPSA) is 26.0 Å². The van der Waals surface area contributed by atoms with Crippen LogP contribution in [0, 0.1) is 11.8 Å². The van der Waals surface area contributed by atoms with Crippen LogP contribution in [0.4, 0.5) is 0 Å². The van der Waals surface area contributed by atoms with Crippen LogP contribution in [-0.2, 0) is 0 Å². The van der Waals surface area contributed by atoms with E-state index in [9.17, 15) is 0 Å². The van der Waals surface area contributed by atoms with Gasteiger partial charge in [0, 0.05) is 5.70 Å². The second-order valence-corrected chi connectivity index (χ2v) is 3.04. The monoisotopic (exact) mass is 137 g/mol. The van der Waals surface area contributed by atoms with E-state index in [1.165, 1.54) is 6.42 Å². The minimum Gasteiger partial charge on any atom is -0.399 e. The highest BCUT2D eigenvalue weighted by molar-refractivity contribution is 5.18. The first-order valence-electron chi connectivity index (χ1n) is 3.84. The standard InChI is InChI=1S/C9H15N/c1-3-4-9(10)6-8-5-7(8)2/h3-4,6-8H,5,10H2,1-2H3/b4-3-,9-6+/t7?,8-/m0/s1. The van der Waals surface area contributed by atoms with E-state index >= 15 is 0 Å². The van der Waals surface area contributed by atoms with Gasteiger partial charge in [-0.25, -0.2) is 0 Å². The lowest BCUT2D eigenvalue weighted by Crippen LogP contribution is -1.92. The summed E-state index contributed by atoms with van der Waals surface area (Å²) in [4.78, 5) is 0. The van der Waals surface area contributed by atoms with Crippen LogP contribution in [0.5, 0.6) is 0 Å². The maximum Gasteiger partial charge on any atom is 0.0273 e. The van der Waals surface area contributed by atoms with Gasteiger partial charge in [-0.3, -0.25) is 0 Å². The second-order valence-electron chi connectivity index (χ2n) is 3.04. The first-order valence-corrected chi connectivity index (χ1v) is 3.84. The average molecular weight is 137 g/mol. The molecule has 0 saturated heterocycles. The van der Waals surface area contributed by atoms with E-state index in [0.717, 1.165) is 17.5 Å². The van der Waals surface area contributed by atoms with Crippen molar-refractivity contribution in [1.29, 1.82) is 0 Å². The van der Waals surface area contributed by atoms with Crippen molar-refractivity contribution in [3.63, 3.8) is 0 Å². The molecule has 1 rings (SSSR count). The summed E-state index contributed by atoms with van der Waals surface area (Å²) in [6.07, 6.45) is 7.40. The van der Waals surface area contributed by atoms with Crippen LogP contribution in [0.25, 0.3) is 0 Å². The predicted octanol–water partition coefficient (Wildman–Crippen LogP) is 2.06. The van der Waals surface area contributed by atoms with E-state index < -0.39 is 0 Å². The third kappa shape index (κ3) is 1.90. The smallest absolute Gasteiger partial charge is 0.0273 e. The molecule has 1 unspecified atom stereocenters. The lowest BCUT2D eigenvalue weighted by molar-refractivity contribution is 0.893. The van der Waals surface area contributed by atoms with Crippen molar-refractivity contribution < 1.29 is 0 Å². The molecule has 0 aromatic heterocycles. The fraction of sp³-hybridized carbons (Fsp3) is 0.556. The van der Waals surface area contributed by atoms with Gasteiger partial charge in [0.1, 0.15) is 0 Å². The molecule has 0 spiro atoms. The van der Waals surface area contributed by atoms with Gasteiger partial charge in [-0.15, -0.1) is 0 Å². The van der Waals surface area contributed by atoms with E-state index in [1.54, 1.807) is 0 Å². The molecule has 2 atom stereocenters. The van der Waals surface area contributed by atoms with E-state index in [1.807, 2.05) is 19.1 Å². The van der Waals surface area contributed by atoms with Crippen LogP contribution in [0.1, 0.15) is 20.3 Å². The van der Waals surface area contributed by atoms with Crippen LogP contribution in [-0.4, -0.2) is 0 Å². The highest BCUT2D eigenvalue weighted by Gasteiger charge is 2.29. The largest absolute Gasteiger partial charge is 0.399 e. The molecule has 1 saturated carbocycles. The molecule has 0 radical (unpaired) electrons. The van der Waals surface area contributed by atoms with Gasteiger partial charge in [0.05, 0.1) is 0 Å². The molecule has 0 bridgehead atoms. The Morgan fingerprint density at radius 3 is 2.60 bits per heavy atom. The maximum absolute atomic E-state index is 5.66. The Labute approximate surface area is 62.6 Å². The fourth-order valence-electron chi connectivity index (χ4n) is 1.08. The number of rotatable bonds is 2. The molecular formula is C9H15N. The van der Waals surface area contributed by atoms with Gasteiger partial charge in [-0.1, -0.05) is 19.1 Å². The third-order valence-electron chi connectivity index (χ3n) is 1.94. The van der Waals surface area contributed by atoms with Gasteiger partial charge in [-0.2, -0.15) is 0 Å².